The van der Waals surface area contributed by atoms with Crippen LogP contribution in [0.5, 0.6) is 5.75 Å². The predicted molar refractivity (Wildman–Crippen MR) is 97.8 cm³/mol. The standard InChI is InChI=1S/C20H26F3NO5/c21-20(22,23)17-6-5-15(13-18(17)29-14-28-16-3-1-2-4-16)19(25)27-12-9-24-7-10-26-11-8-24/h5-6,13,16H,1-4,7-12,14H2. The first kappa shape index (κ1) is 21.9. The van der Waals surface area contributed by atoms with E-state index in [0.717, 1.165) is 57.0 Å². The van der Waals surface area contributed by atoms with E-state index in [1.807, 2.05) is 0 Å². The van der Waals surface area contributed by atoms with Gasteiger partial charge < -0.3 is 18.9 Å². The van der Waals surface area contributed by atoms with Crippen LogP contribution in [-0.2, 0) is 20.4 Å². The van der Waals surface area contributed by atoms with E-state index in [1.54, 1.807) is 0 Å². The Morgan fingerprint density at radius 1 is 1.17 bits per heavy atom. The topological polar surface area (TPSA) is 57.2 Å². The fourth-order valence-electron chi connectivity index (χ4n) is 3.43. The van der Waals surface area contributed by atoms with Gasteiger partial charge in [-0.3, -0.25) is 4.90 Å². The van der Waals surface area contributed by atoms with Crippen LogP contribution in [0.3, 0.4) is 0 Å². The molecule has 1 aliphatic heterocycles. The van der Waals surface area contributed by atoms with Gasteiger partial charge in [0.05, 0.1) is 30.4 Å². The van der Waals surface area contributed by atoms with E-state index in [-0.39, 0.29) is 25.1 Å². The average Bonchev–Trinajstić information content (AvgIpc) is 3.21. The molecule has 1 aliphatic carbocycles. The second kappa shape index (κ2) is 10.3. The van der Waals surface area contributed by atoms with Crippen molar-refractivity contribution in [1.82, 2.24) is 4.90 Å². The maximum atomic E-state index is 13.3. The molecule has 0 unspecified atom stereocenters. The van der Waals surface area contributed by atoms with Gasteiger partial charge in [-0.05, 0) is 31.0 Å². The highest BCUT2D eigenvalue weighted by molar-refractivity contribution is 5.90. The number of benzene rings is 1. The van der Waals surface area contributed by atoms with Crippen molar-refractivity contribution in [1.29, 1.82) is 0 Å². The number of rotatable bonds is 8. The first-order valence-corrected chi connectivity index (χ1v) is 9.86. The van der Waals surface area contributed by atoms with E-state index in [0.29, 0.717) is 19.8 Å². The number of morpholine rings is 1. The fraction of sp³-hybridized carbons (Fsp3) is 0.650. The number of hydrogen-bond donors (Lipinski definition) is 0. The van der Waals surface area contributed by atoms with Crippen LogP contribution in [0.1, 0.15) is 41.6 Å². The second-order valence-corrected chi connectivity index (χ2v) is 7.13. The number of halogens is 3. The molecular formula is C20H26F3NO5. The number of nitrogens with zero attached hydrogens (tertiary/aromatic N) is 1. The quantitative estimate of drug-likeness (QED) is 0.477. The lowest BCUT2D eigenvalue weighted by atomic mass is 10.1. The Labute approximate surface area is 167 Å². The lowest BCUT2D eigenvalue weighted by Crippen LogP contribution is -2.38. The molecule has 1 saturated carbocycles. The Bertz CT molecular complexity index is 671. The smallest absolute Gasteiger partial charge is 0.419 e. The summed E-state index contributed by atoms with van der Waals surface area (Å²) in [5, 5.41) is 0. The molecule has 2 aliphatic rings. The number of carbonyl (C=O) groups is 1. The maximum Gasteiger partial charge on any atom is 0.419 e. The minimum Gasteiger partial charge on any atom is -0.467 e. The molecule has 1 aromatic rings. The number of hydrogen-bond acceptors (Lipinski definition) is 6. The molecular weight excluding hydrogens is 391 g/mol. The van der Waals surface area contributed by atoms with Crippen LogP contribution in [0.2, 0.25) is 0 Å². The SMILES string of the molecule is O=C(OCCN1CCOCC1)c1ccc(C(F)(F)F)c(OCOC2CCCC2)c1. The highest BCUT2D eigenvalue weighted by Gasteiger charge is 2.35. The maximum absolute atomic E-state index is 13.3. The van der Waals surface area contributed by atoms with Crippen LogP contribution >= 0.6 is 0 Å². The molecule has 0 N–H and O–H groups in total. The summed E-state index contributed by atoms with van der Waals surface area (Å²) < 4.78 is 61.0. The van der Waals surface area contributed by atoms with Gasteiger partial charge in [-0.25, -0.2) is 4.79 Å². The Kier molecular flexibility index (Phi) is 7.74. The lowest BCUT2D eigenvalue weighted by Gasteiger charge is -2.26. The zero-order valence-corrected chi connectivity index (χ0v) is 16.2. The minimum atomic E-state index is -4.60. The molecule has 1 heterocycles. The van der Waals surface area contributed by atoms with E-state index >= 15 is 0 Å². The third-order valence-corrected chi connectivity index (χ3v) is 5.09. The van der Waals surface area contributed by atoms with E-state index in [4.69, 9.17) is 18.9 Å². The largest absolute Gasteiger partial charge is 0.467 e. The van der Waals surface area contributed by atoms with Crippen LogP contribution in [-0.4, -0.2) is 63.2 Å². The molecule has 9 heteroatoms. The summed E-state index contributed by atoms with van der Waals surface area (Å²) in [6.07, 6.45) is -0.732. The van der Waals surface area contributed by atoms with Gasteiger partial charge in [-0.15, -0.1) is 0 Å². The molecule has 0 amide bonds. The molecule has 162 valence electrons. The normalized spacial score (nSPS) is 18.7. The van der Waals surface area contributed by atoms with E-state index in [1.165, 1.54) is 0 Å². The van der Waals surface area contributed by atoms with Crippen molar-refractivity contribution in [2.24, 2.45) is 0 Å². The summed E-state index contributed by atoms with van der Waals surface area (Å²) in [5.41, 5.74) is -0.937. The highest BCUT2D eigenvalue weighted by Crippen LogP contribution is 2.37. The molecule has 0 radical (unpaired) electrons. The fourth-order valence-corrected chi connectivity index (χ4v) is 3.43. The zero-order chi connectivity index (χ0) is 20.7. The third kappa shape index (κ3) is 6.58. The molecule has 1 aromatic carbocycles. The monoisotopic (exact) mass is 417 g/mol. The molecule has 3 rings (SSSR count). The van der Waals surface area contributed by atoms with Crippen LogP contribution in [0.4, 0.5) is 13.2 Å². The van der Waals surface area contributed by atoms with Crippen LogP contribution in [0, 0.1) is 0 Å². The average molecular weight is 417 g/mol. The Morgan fingerprint density at radius 3 is 2.59 bits per heavy atom. The van der Waals surface area contributed by atoms with Gasteiger partial charge in [-0.1, -0.05) is 12.8 Å². The number of alkyl halides is 3. The van der Waals surface area contributed by atoms with Crippen molar-refractivity contribution in [2.45, 2.75) is 38.0 Å². The number of ether oxygens (including phenoxy) is 4. The van der Waals surface area contributed by atoms with Gasteiger partial charge in [0, 0.05) is 19.6 Å². The van der Waals surface area contributed by atoms with Gasteiger partial charge in [-0.2, -0.15) is 13.2 Å². The molecule has 0 aromatic heterocycles. The van der Waals surface area contributed by atoms with E-state index < -0.39 is 23.5 Å². The molecule has 0 bridgehead atoms. The first-order valence-electron chi connectivity index (χ1n) is 9.86. The molecule has 2 fully saturated rings. The minimum absolute atomic E-state index is 0.0100. The number of esters is 1. The van der Waals surface area contributed by atoms with E-state index in [9.17, 15) is 18.0 Å². The van der Waals surface area contributed by atoms with Crippen molar-refractivity contribution in [2.75, 3.05) is 46.2 Å². The Hall–Kier alpha value is -1.84. The van der Waals surface area contributed by atoms with Crippen LogP contribution in [0.15, 0.2) is 18.2 Å². The van der Waals surface area contributed by atoms with Crippen LogP contribution < -0.4 is 4.74 Å². The van der Waals surface area contributed by atoms with Gasteiger partial charge in [0.2, 0.25) is 0 Å². The summed E-state index contributed by atoms with van der Waals surface area (Å²) in [7, 11) is 0. The summed E-state index contributed by atoms with van der Waals surface area (Å²) in [6.45, 7) is 3.21. The zero-order valence-electron chi connectivity index (χ0n) is 16.2. The summed E-state index contributed by atoms with van der Waals surface area (Å²) in [6, 6.07) is 3.01. The van der Waals surface area contributed by atoms with Crippen molar-refractivity contribution in [3.05, 3.63) is 29.3 Å². The first-order chi connectivity index (χ1) is 13.9. The van der Waals surface area contributed by atoms with Crippen molar-refractivity contribution < 1.29 is 36.9 Å². The summed E-state index contributed by atoms with van der Waals surface area (Å²) in [5.74, 6) is -1.12. The van der Waals surface area contributed by atoms with Crippen molar-refractivity contribution in [3.63, 3.8) is 0 Å². The molecule has 6 nitrogen and oxygen atoms in total. The Balaban J connectivity index is 1.57. The molecule has 29 heavy (non-hydrogen) atoms. The van der Waals surface area contributed by atoms with Gasteiger partial charge in [0.15, 0.2) is 6.79 Å². The Morgan fingerprint density at radius 2 is 1.90 bits per heavy atom. The predicted octanol–water partition coefficient (Wildman–Crippen LogP) is 3.49. The second-order valence-electron chi connectivity index (χ2n) is 7.13. The summed E-state index contributed by atoms with van der Waals surface area (Å²) >= 11 is 0. The van der Waals surface area contributed by atoms with Gasteiger partial charge in [0.25, 0.3) is 0 Å². The highest BCUT2D eigenvalue weighted by atomic mass is 19.4. The van der Waals surface area contributed by atoms with Gasteiger partial charge in [0.1, 0.15) is 12.4 Å². The van der Waals surface area contributed by atoms with Gasteiger partial charge >= 0.3 is 12.1 Å². The van der Waals surface area contributed by atoms with Crippen molar-refractivity contribution in [3.8, 4) is 5.75 Å². The molecule has 0 atom stereocenters. The summed E-state index contributed by atoms with van der Waals surface area (Å²) in [4.78, 5) is 14.3. The number of carbonyl (C=O) groups excluding carboxylic acids is 1. The van der Waals surface area contributed by atoms with Crippen LogP contribution in [0.25, 0.3) is 0 Å². The van der Waals surface area contributed by atoms with E-state index in [2.05, 4.69) is 4.90 Å². The molecule has 0 spiro atoms. The molecule has 1 saturated heterocycles. The lowest BCUT2D eigenvalue weighted by molar-refractivity contribution is -0.140. The third-order valence-electron chi connectivity index (χ3n) is 5.09. The van der Waals surface area contributed by atoms with Crippen molar-refractivity contribution >= 4 is 5.97 Å².